The average molecular weight is 191 g/mol. The average Bonchev–Trinajstić information content (AvgIpc) is 2.64. The second-order valence-electron chi connectivity index (χ2n) is 4.00. The maximum absolute atomic E-state index is 5.92. The second-order valence-corrected chi connectivity index (χ2v) is 4.00. The van der Waals surface area contributed by atoms with E-state index >= 15 is 0 Å². The summed E-state index contributed by atoms with van der Waals surface area (Å²) in [6.45, 7) is 6.25. The molecule has 1 saturated heterocycles. The molecule has 2 nitrogen and oxygen atoms in total. The van der Waals surface area contributed by atoms with Crippen molar-refractivity contribution >= 4 is 0 Å². The summed E-state index contributed by atoms with van der Waals surface area (Å²) in [5, 5.41) is 3.30. The van der Waals surface area contributed by atoms with Crippen molar-refractivity contribution in [1.82, 2.24) is 5.32 Å². The first-order valence-electron chi connectivity index (χ1n) is 5.20. The lowest BCUT2D eigenvalue weighted by Gasteiger charge is -2.14. The molecule has 14 heavy (non-hydrogen) atoms. The fourth-order valence-electron chi connectivity index (χ4n) is 1.74. The molecule has 1 aliphatic rings. The van der Waals surface area contributed by atoms with Crippen LogP contribution in [0.15, 0.2) is 18.2 Å². The van der Waals surface area contributed by atoms with Crippen LogP contribution in [0.5, 0.6) is 5.75 Å². The van der Waals surface area contributed by atoms with Crippen LogP contribution in [0.4, 0.5) is 0 Å². The zero-order valence-electron chi connectivity index (χ0n) is 8.84. The van der Waals surface area contributed by atoms with Gasteiger partial charge in [-0.2, -0.15) is 0 Å². The number of benzene rings is 1. The molecular weight excluding hydrogens is 174 g/mol. The van der Waals surface area contributed by atoms with E-state index in [1.54, 1.807) is 0 Å². The molecule has 0 aliphatic carbocycles. The van der Waals surface area contributed by atoms with Gasteiger partial charge in [0, 0.05) is 6.54 Å². The van der Waals surface area contributed by atoms with Gasteiger partial charge in [0.2, 0.25) is 0 Å². The third-order valence-corrected chi connectivity index (χ3v) is 2.65. The number of aryl methyl sites for hydroxylation is 2. The van der Waals surface area contributed by atoms with Gasteiger partial charge in [0.1, 0.15) is 11.9 Å². The van der Waals surface area contributed by atoms with Crippen LogP contribution in [0, 0.1) is 13.8 Å². The van der Waals surface area contributed by atoms with E-state index in [0.717, 1.165) is 25.3 Å². The standard InChI is InChI=1S/C12H17NO/c1-9-3-4-10(2)12(7-9)14-11-5-6-13-8-11/h3-4,7,11,13H,5-6,8H2,1-2H3/t11-/m0/s1. The van der Waals surface area contributed by atoms with E-state index in [-0.39, 0.29) is 0 Å². The molecule has 2 rings (SSSR count). The zero-order valence-corrected chi connectivity index (χ0v) is 8.84. The van der Waals surface area contributed by atoms with E-state index in [9.17, 15) is 0 Å². The molecule has 1 N–H and O–H groups in total. The molecule has 0 aromatic heterocycles. The van der Waals surface area contributed by atoms with E-state index in [1.165, 1.54) is 11.1 Å². The first-order valence-corrected chi connectivity index (χ1v) is 5.20. The lowest BCUT2D eigenvalue weighted by Crippen LogP contribution is -2.19. The van der Waals surface area contributed by atoms with E-state index in [4.69, 9.17) is 4.74 Å². The Labute approximate surface area is 85.3 Å². The molecule has 76 valence electrons. The summed E-state index contributed by atoms with van der Waals surface area (Å²) in [4.78, 5) is 0. The lowest BCUT2D eigenvalue weighted by molar-refractivity contribution is 0.221. The largest absolute Gasteiger partial charge is 0.489 e. The SMILES string of the molecule is Cc1ccc(C)c(O[C@H]2CCNC2)c1. The van der Waals surface area contributed by atoms with Gasteiger partial charge in [0.05, 0.1) is 0 Å². The number of hydrogen-bond acceptors (Lipinski definition) is 2. The maximum Gasteiger partial charge on any atom is 0.122 e. The minimum atomic E-state index is 0.357. The van der Waals surface area contributed by atoms with Gasteiger partial charge in [-0.15, -0.1) is 0 Å². The number of ether oxygens (including phenoxy) is 1. The van der Waals surface area contributed by atoms with Crippen molar-refractivity contribution in [3.8, 4) is 5.75 Å². The number of hydrogen-bond donors (Lipinski definition) is 1. The molecule has 1 aromatic carbocycles. The van der Waals surface area contributed by atoms with Crippen molar-refractivity contribution < 1.29 is 4.74 Å². The molecule has 1 aliphatic heterocycles. The van der Waals surface area contributed by atoms with Crippen LogP contribution in [0.2, 0.25) is 0 Å². The van der Waals surface area contributed by atoms with Crippen molar-refractivity contribution in [3.05, 3.63) is 29.3 Å². The van der Waals surface area contributed by atoms with E-state index in [1.807, 2.05) is 0 Å². The molecule has 0 unspecified atom stereocenters. The maximum atomic E-state index is 5.92. The molecular formula is C12H17NO. The fourth-order valence-corrected chi connectivity index (χ4v) is 1.74. The van der Waals surface area contributed by atoms with Crippen molar-refractivity contribution in [2.45, 2.75) is 26.4 Å². The molecule has 0 amide bonds. The molecule has 1 atom stereocenters. The summed E-state index contributed by atoms with van der Waals surface area (Å²) in [6.07, 6.45) is 1.48. The fraction of sp³-hybridized carbons (Fsp3) is 0.500. The number of nitrogens with one attached hydrogen (secondary N) is 1. The lowest BCUT2D eigenvalue weighted by atomic mass is 10.1. The summed E-state index contributed by atoms with van der Waals surface area (Å²) >= 11 is 0. The topological polar surface area (TPSA) is 21.3 Å². The summed E-state index contributed by atoms with van der Waals surface area (Å²) in [5.41, 5.74) is 2.49. The number of rotatable bonds is 2. The first-order chi connectivity index (χ1) is 6.75. The molecule has 0 radical (unpaired) electrons. The normalized spacial score (nSPS) is 21.1. The summed E-state index contributed by atoms with van der Waals surface area (Å²) in [5.74, 6) is 1.04. The highest BCUT2D eigenvalue weighted by atomic mass is 16.5. The Morgan fingerprint density at radius 2 is 2.21 bits per heavy atom. The van der Waals surface area contributed by atoms with Crippen LogP contribution in [0.3, 0.4) is 0 Å². The van der Waals surface area contributed by atoms with Gasteiger partial charge in [-0.1, -0.05) is 12.1 Å². The highest BCUT2D eigenvalue weighted by Gasteiger charge is 2.16. The zero-order chi connectivity index (χ0) is 9.97. The van der Waals surface area contributed by atoms with Gasteiger partial charge in [-0.05, 0) is 44.0 Å². The van der Waals surface area contributed by atoms with Crippen molar-refractivity contribution in [2.75, 3.05) is 13.1 Å². The van der Waals surface area contributed by atoms with Gasteiger partial charge in [0.25, 0.3) is 0 Å². The first kappa shape index (κ1) is 9.53. The van der Waals surface area contributed by atoms with Crippen LogP contribution >= 0.6 is 0 Å². The molecule has 0 bridgehead atoms. The molecule has 1 fully saturated rings. The molecule has 0 saturated carbocycles. The predicted octanol–water partition coefficient (Wildman–Crippen LogP) is 2.04. The monoisotopic (exact) mass is 191 g/mol. The van der Waals surface area contributed by atoms with Crippen molar-refractivity contribution in [3.63, 3.8) is 0 Å². The smallest absolute Gasteiger partial charge is 0.122 e. The van der Waals surface area contributed by atoms with Gasteiger partial charge in [-0.3, -0.25) is 0 Å². The van der Waals surface area contributed by atoms with Gasteiger partial charge >= 0.3 is 0 Å². The van der Waals surface area contributed by atoms with Gasteiger partial charge in [0.15, 0.2) is 0 Å². The highest BCUT2D eigenvalue weighted by molar-refractivity contribution is 5.36. The third-order valence-electron chi connectivity index (χ3n) is 2.65. The molecule has 2 heteroatoms. The molecule has 0 spiro atoms. The van der Waals surface area contributed by atoms with Crippen molar-refractivity contribution in [1.29, 1.82) is 0 Å². The second kappa shape index (κ2) is 4.01. The molecule has 1 heterocycles. The third kappa shape index (κ3) is 2.07. The van der Waals surface area contributed by atoms with Crippen molar-refractivity contribution in [2.24, 2.45) is 0 Å². The minimum Gasteiger partial charge on any atom is -0.489 e. The van der Waals surface area contributed by atoms with E-state index in [0.29, 0.717) is 6.10 Å². The Bertz CT molecular complexity index is 316. The Kier molecular flexibility index (Phi) is 2.73. The molecule has 1 aromatic rings. The van der Waals surface area contributed by atoms with Crippen LogP contribution in [0.1, 0.15) is 17.5 Å². The van der Waals surface area contributed by atoms with Crippen LogP contribution < -0.4 is 10.1 Å². The van der Waals surface area contributed by atoms with Gasteiger partial charge < -0.3 is 10.1 Å². The highest BCUT2D eigenvalue weighted by Crippen LogP contribution is 2.21. The summed E-state index contributed by atoms with van der Waals surface area (Å²) in [6, 6.07) is 6.36. The van der Waals surface area contributed by atoms with Crippen LogP contribution in [0.25, 0.3) is 0 Å². The Morgan fingerprint density at radius 3 is 2.93 bits per heavy atom. The van der Waals surface area contributed by atoms with Gasteiger partial charge in [-0.25, -0.2) is 0 Å². The summed E-state index contributed by atoms with van der Waals surface area (Å²) in [7, 11) is 0. The van der Waals surface area contributed by atoms with Crippen LogP contribution in [-0.4, -0.2) is 19.2 Å². The minimum absolute atomic E-state index is 0.357. The van der Waals surface area contributed by atoms with E-state index < -0.39 is 0 Å². The Morgan fingerprint density at radius 1 is 1.36 bits per heavy atom. The Hall–Kier alpha value is -1.02. The summed E-state index contributed by atoms with van der Waals surface area (Å²) < 4.78 is 5.92. The Balaban J connectivity index is 2.10. The quantitative estimate of drug-likeness (QED) is 0.772. The van der Waals surface area contributed by atoms with E-state index in [2.05, 4.69) is 37.4 Å². The predicted molar refractivity (Wildman–Crippen MR) is 57.8 cm³/mol. The van der Waals surface area contributed by atoms with Crippen LogP contribution in [-0.2, 0) is 0 Å².